The largest absolute Gasteiger partial charge is 0.370 e. The molecule has 1 rings (SSSR count). The lowest BCUT2D eigenvalue weighted by Gasteiger charge is -2.11. The van der Waals surface area contributed by atoms with Crippen molar-refractivity contribution >= 4 is 0 Å². The Morgan fingerprint density at radius 2 is 1.85 bits per heavy atom. The third-order valence-electron chi connectivity index (χ3n) is 3.18. The van der Waals surface area contributed by atoms with E-state index in [9.17, 15) is 0 Å². The van der Waals surface area contributed by atoms with Crippen LogP contribution in [0.2, 0.25) is 0 Å². The number of hydrogen-bond donors (Lipinski definition) is 0. The zero-order valence-corrected chi connectivity index (χ0v) is 9.38. The van der Waals surface area contributed by atoms with Gasteiger partial charge in [-0.25, -0.2) is 0 Å². The SMILES string of the molecule is CCCCCCC(CC)C1OC1C. The molecule has 0 aromatic rings. The molecule has 0 aromatic carbocycles. The zero-order chi connectivity index (χ0) is 9.68. The van der Waals surface area contributed by atoms with Gasteiger partial charge in [0, 0.05) is 0 Å². The highest BCUT2D eigenvalue weighted by Crippen LogP contribution is 2.34. The van der Waals surface area contributed by atoms with Crippen LogP contribution in [0.4, 0.5) is 0 Å². The summed E-state index contributed by atoms with van der Waals surface area (Å²) < 4.78 is 5.53. The third kappa shape index (κ3) is 3.68. The maximum Gasteiger partial charge on any atom is 0.0866 e. The van der Waals surface area contributed by atoms with Gasteiger partial charge in [0.2, 0.25) is 0 Å². The molecular formula is C12H24O. The Balaban J connectivity index is 2.03. The number of epoxide rings is 1. The van der Waals surface area contributed by atoms with Crippen molar-refractivity contribution in [3.05, 3.63) is 0 Å². The van der Waals surface area contributed by atoms with Crippen molar-refractivity contribution in [3.8, 4) is 0 Å². The van der Waals surface area contributed by atoms with Crippen LogP contribution in [0.5, 0.6) is 0 Å². The fraction of sp³-hybridized carbons (Fsp3) is 1.00. The van der Waals surface area contributed by atoms with E-state index in [0.717, 1.165) is 5.92 Å². The van der Waals surface area contributed by atoms with Gasteiger partial charge in [0.15, 0.2) is 0 Å². The summed E-state index contributed by atoms with van der Waals surface area (Å²) in [7, 11) is 0. The van der Waals surface area contributed by atoms with Crippen LogP contribution in [0, 0.1) is 5.92 Å². The molecule has 1 saturated heterocycles. The standard InChI is InChI=1S/C12H24O/c1-4-6-7-8-9-11(5-2)12-10(3)13-12/h10-12H,4-9H2,1-3H3. The normalized spacial score (nSPS) is 28.8. The van der Waals surface area contributed by atoms with Crippen LogP contribution in [-0.4, -0.2) is 12.2 Å². The van der Waals surface area contributed by atoms with Crippen molar-refractivity contribution in [2.24, 2.45) is 5.92 Å². The number of rotatable bonds is 7. The molecule has 78 valence electrons. The Bertz CT molecular complexity index is 133. The molecule has 0 bridgehead atoms. The van der Waals surface area contributed by atoms with Crippen LogP contribution in [0.15, 0.2) is 0 Å². The first-order chi connectivity index (χ1) is 6.29. The summed E-state index contributed by atoms with van der Waals surface area (Å²) in [5.41, 5.74) is 0. The third-order valence-corrected chi connectivity index (χ3v) is 3.18. The van der Waals surface area contributed by atoms with E-state index in [2.05, 4.69) is 20.8 Å². The number of unbranched alkanes of at least 4 members (excludes halogenated alkanes) is 3. The molecule has 0 radical (unpaired) electrons. The van der Waals surface area contributed by atoms with E-state index in [1.54, 1.807) is 0 Å². The van der Waals surface area contributed by atoms with Crippen LogP contribution in [0.3, 0.4) is 0 Å². The average molecular weight is 184 g/mol. The molecule has 0 saturated carbocycles. The Morgan fingerprint density at radius 3 is 2.31 bits per heavy atom. The summed E-state index contributed by atoms with van der Waals surface area (Å²) in [5, 5.41) is 0. The summed E-state index contributed by atoms with van der Waals surface area (Å²) in [4.78, 5) is 0. The highest BCUT2D eigenvalue weighted by atomic mass is 16.6. The molecule has 3 unspecified atom stereocenters. The van der Waals surface area contributed by atoms with Gasteiger partial charge in [0.05, 0.1) is 12.2 Å². The van der Waals surface area contributed by atoms with Crippen LogP contribution >= 0.6 is 0 Å². The minimum Gasteiger partial charge on any atom is -0.370 e. The highest BCUT2D eigenvalue weighted by Gasteiger charge is 2.39. The van der Waals surface area contributed by atoms with Crippen LogP contribution in [0.1, 0.15) is 59.3 Å². The molecule has 0 aliphatic carbocycles. The van der Waals surface area contributed by atoms with Crippen molar-refractivity contribution in [1.82, 2.24) is 0 Å². The van der Waals surface area contributed by atoms with Crippen molar-refractivity contribution in [3.63, 3.8) is 0 Å². The summed E-state index contributed by atoms with van der Waals surface area (Å²) in [6, 6.07) is 0. The van der Waals surface area contributed by atoms with Crippen LogP contribution in [0.25, 0.3) is 0 Å². The molecule has 1 nitrogen and oxygen atoms in total. The van der Waals surface area contributed by atoms with Gasteiger partial charge in [0.25, 0.3) is 0 Å². The van der Waals surface area contributed by atoms with Crippen LogP contribution < -0.4 is 0 Å². The first-order valence-electron chi connectivity index (χ1n) is 5.95. The van der Waals surface area contributed by atoms with E-state index in [1.165, 1.54) is 38.5 Å². The fourth-order valence-corrected chi connectivity index (χ4v) is 2.13. The van der Waals surface area contributed by atoms with Crippen LogP contribution in [-0.2, 0) is 4.74 Å². The van der Waals surface area contributed by atoms with Gasteiger partial charge < -0.3 is 4.74 Å². The highest BCUT2D eigenvalue weighted by molar-refractivity contribution is 4.86. The first-order valence-corrected chi connectivity index (χ1v) is 5.95. The second-order valence-electron chi connectivity index (χ2n) is 4.32. The van der Waals surface area contributed by atoms with Crippen molar-refractivity contribution in [2.75, 3.05) is 0 Å². The minimum absolute atomic E-state index is 0.552. The topological polar surface area (TPSA) is 12.5 Å². The second kappa shape index (κ2) is 5.64. The van der Waals surface area contributed by atoms with Gasteiger partial charge in [-0.1, -0.05) is 46.0 Å². The molecule has 1 aliphatic heterocycles. The summed E-state index contributed by atoms with van der Waals surface area (Å²) in [6.07, 6.45) is 9.38. The lowest BCUT2D eigenvalue weighted by Crippen LogP contribution is -2.08. The van der Waals surface area contributed by atoms with Gasteiger partial charge >= 0.3 is 0 Å². The predicted molar refractivity (Wildman–Crippen MR) is 56.9 cm³/mol. The molecule has 1 fully saturated rings. The molecule has 1 heterocycles. The van der Waals surface area contributed by atoms with Gasteiger partial charge in [0.1, 0.15) is 0 Å². The maximum atomic E-state index is 5.53. The number of ether oxygens (including phenoxy) is 1. The van der Waals surface area contributed by atoms with E-state index in [1.807, 2.05) is 0 Å². The quantitative estimate of drug-likeness (QED) is 0.433. The molecule has 1 heteroatoms. The van der Waals surface area contributed by atoms with E-state index in [-0.39, 0.29) is 0 Å². The summed E-state index contributed by atoms with van der Waals surface area (Å²) >= 11 is 0. The minimum atomic E-state index is 0.552. The zero-order valence-electron chi connectivity index (χ0n) is 9.38. The molecule has 0 spiro atoms. The van der Waals surface area contributed by atoms with Crippen molar-refractivity contribution < 1.29 is 4.74 Å². The number of hydrogen-bond acceptors (Lipinski definition) is 1. The molecule has 13 heavy (non-hydrogen) atoms. The summed E-state index contributed by atoms with van der Waals surface area (Å²) in [5.74, 6) is 0.840. The predicted octanol–water partition coefficient (Wildman–Crippen LogP) is 3.77. The smallest absolute Gasteiger partial charge is 0.0866 e. The Labute approximate surface area is 82.9 Å². The summed E-state index contributed by atoms with van der Waals surface area (Å²) in [6.45, 7) is 6.75. The fourth-order valence-electron chi connectivity index (χ4n) is 2.13. The lowest BCUT2D eigenvalue weighted by molar-refractivity contribution is 0.296. The molecule has 0 amide bonds. The van der Waals surface area contributed by atoms with Gasteiger partial charge in [-0.05, 0) is 19.3 Å². The molecular weight excluding hydrogens is 160 g/mol. The Hall–Kier alpha value is -0.0400. The van der Waals surface area contributed by atoms with Gasteiger partial charge in [-0.3, -0.25) is 0 Å². The Kier molecular flexibility index (Phi) is 4.79. The van der Waals surface area contributed by atoms with Crippen molar-refractivity contribution in [2.45, 2.75) is 71.5 Å². The van der Waals surface area contributed by atoms with E-state index >= 15 is 0 Å². The van der Waals surface area contributed by atoms with Gasteiger partial charge in [-0.15, -0.1) is 0 Å². The van der Waals surface area contributed by atoms with Gasteiger partial charge in [-0.2, -0.15) is 0 Å². The first kappa shape index (κ1) is 11.0. The van der Waals surface area contributed by atoms with E-state index < -0.39 is 0 Å². The lowest BCUT2D eigenvalue weighted by atomic mass is 9.94. The Morgan fingerprint density at radius 1 is 1.15 bits per heavy atom. The second-order valence-corrected chi connectivity index (χ2v) is 4.32. The average Bonchev–Trinajstić information content (AvgIpc) is 2.83. The molecule has 0 aromatic heterocycles. The van der Waals surface area contributed by atoms with E-state index in [4.69, 9.17) is 4.74 Å². The molecule has 1 aliphatic rings. The van der Waals surface area contributed by atoms with E-state index in [0.29, 0.717) is 12.2 Å². The van der Waals surface area contributed by atoms with Crippen molar-refractivity contribution in [1.29, 1.82) is 0 Å². The monoisotopic (exact) mass is 184 g/mol. The molecule has 0 N–H and O–H groups in total. The molecule has 3 atom stereocenters. The maximum absolute atomic E-state index is 5.53.